The van der Waals surface area contributed by atoms with Gasteiger partial charge in [-0.25, -0.2) is 13.1 Å². The average molecular weight is 309 g/mol. The van der Waals surface area contributed by atoms with Crippen LogP contribution in [-0.4, -0.2) is 23.3 Å². The van der Waals surface area contributed by atoms with E-state index in [1.165, 1.54) is 12.1 Å². The van der Waals surface area contributed by atoms with Crippen LogP contribution in [0.4, 0.5) is 0 Å². The number of hydrogen-bond donors (Lipinski definition) is 2. The highest BCUT2D eigenvalue weighted by atomic mass is 32.2. The molecule has 1 aromatic heterocycles. The molecule has 0 bridgehead atoms. The van der Waals surface area contributed by atoms with Crippen LogP contribution in [0.15, 0.2) is 29.2 Å². The van der Waals surface area contributed by atoms with Crippen molar-refractivity contribution in [3.63, 3.8) is 0 Å². The fourth-order valence-corrected chi connectivity index (χ4v) is 3.09. The highest BCUT2D eigenvalue weighted by Gasteiger charge is 2.16. The number of aliphatic hydroxyl groups is 1. The minimum absolute atomic E-state index is 0.109. The van der Waals surface area contributed by atoms with Crippen LogP contribution in [-0.2, 0) is 30.2 Å². The predicted molar refractivity (Wildman–Crippen MR) is 79.1 cm³/mol. The fraction of sp³-hybridized carbons (Fsp3) is 0.357. The molecular formula is C14H19N3O3S. The third kappa shape index (κ3) is 3.31. The van der Waals surface area contributed by atoms with Crippen LogP contribution in [0.1, 0.15) is 22.5 Å². The Balaban J connectivity index is 2.17. The number of nitrogens with one attached hydrogen (secondary N) is 1. The second-order valence-electron chi connectivity index (χ2n) is 4.90. The summed E-state index contributed by atoms with van der Waals surface area (Å²) in [5, 5.41) is 13.2. The summed E-state index contributed by atoms with van der Waals surface area (Å²) in [6.45, 7) is 3.85. The molecule has 2 aromatic rings. The van der Waals surface area contributed by atoms with E-state index in [0.717, 1.165) is 17.0 Å². The van der Waals surface area contributed by atoms with E-state index in [1.54, 1.807) is 16.8 Å². The second-order valence-corrected chi connectivity index (χ2v) is 6.67. The van der Waals surface area contributed by atoms with Crippen LogP contribution >= 0.6 is 0 Å². The molecule has 0 aliphatic heterocycles. The van der Waals surface area contributed by atoms with Gasteiger partial charge in [-0.3, -0.25) is 4.68 Å². The maximum absolute atomic E-state index is 12.2. The quantitative estimate of drug-likeness (QED) is 0.863. The molecule has 0 spiro atoms. The standard InChI is InChI=1S/C14H19N3O3S/c1-10-14(11(2)17(3)16-10)8-15-21(19,20)13-6-4-12(9-18)5-7-13/h4-7,15,18H,8-9H2,1-3H3. The van der Waals surface area contributed by atoms with Crippen molar-refractivity contribution in [1.82, 2.24) is 14.5 Å². The van der Waals surface area contributed by atoms with Gasteiger partial charge in [-0.1, -0.05) is 12.1 Å². The van der Waals surface area contributed by atoms with Gasteiger partial charge in [0.15, 0.2) is 0 Å². The molecule has 0 radical (unpaired) electrons. The van der Waals surface area contributed by atoms with E-state index in [2.05, 4.69) is 9.82 Å². The van der Waals surface area contributed by atoms with Crippen LogP contribution in [0, 0.1) is 13.8 Å². The average Bonchev–Trinajstić information content (AvgIpc) is 2.70. The number of aliphatic hydroxyl groups excluding tert-OH is 1. The van der Waals surface area contributed by atoms with Gasteiger partial charge in [0.05, 0.1) is 17.2 Å². The third-order valence-electron chi connectivity index (χ3n) is 3.51. The first-order valence-electron chi connectivity index (χ1n) is 6.53. The first kappa shape index (κ1) is 15.7. The molecule has 1 aromatic carbocycles. The van der Waals surface area contributed by atoms with Crippen LogP contribution in [0.25, 0.3) is 0 Å². The third-order valence-corrected chi connectivity index (χ3v) is 4.93. The summed E-state index contributed by atoms with van der Waals surface area (Å²) in [6.07, 6.45) is 0. The van der Waals surface area contributed by atoms with Gasteiger partial charge < -0.3 is 5.11 Å². The van der Waals surface area contributed by atoms with Crippen LogP contribution in [0.2, 0.25) is 0 Å². The maximum Gasteiger partial charge on any atom is 0.240 e. The molecule has 0 unspecified atom stereocenters. The predicted octanol–water partition coefficient (Wildman–Crippen LogP) is 1.01. The van der Waals surface area contributed by atoms with Crippen molar-refractivity contribution in [2.45, 2.75) is 31.9 Å². The van der Waals surface area contributed by atoms with Gasteiger partial charge in [0.2, 0.25) is 10.0 Å². The molecule has 6 nitrogen and oxygen atoms in total. The van der Waals surface area contributed by atoms with E-state index in [0.29, 0.717) is 5.56 Å². The molecule has 2 N–H and O–H groups in total. The summed E-state index contributed by atoms with van der Waals surface area (Å²) in [5.74, 6) is 0. The van der Waals surface area contributed by atoms with Crippen LogP contribution in [0.5, 0.6) is 0 Å². The minimum atomic E-state index is -3.58. The van der Waals surface area contributed by atoms with Crippen molar-refractivity contribution in [2.75, 3.05) is 0 Å². The van der Waals surface area contributed by atoms with Gasteiger partial charge in [-0.15, -0.1) is 0 Å². The summed E-state index contributed by atoms with van der Waals surface area (Å²) < 4.78 is 28.8. The Hall–Kier alpha value is -1.70. The van der Waals surface area contributed by atoms with Crippen molar-refractivity contribution < 1.29 is 13.5 Å². The van der Waals surface area contributed by atoms with Gasteiger partial charge in [0, 0.05) is 24.8 Å². The number of nitrogens with zero attached hydrogens (tertiary/aromatic N) is 2. The molecule has 0 fully saturated rings. The molecule has 0 saturated heterocycles. The summed E-state index contributed by atoms with van der Waals surface area (Å²) >= 11 is 0. The van der Waals surface area contributed by atoms with E-state index in [-0.39, 0.29) is 18.0 Å². The van der Waals surface area contributed by atoms with Gasteiger partial charge in [0.25, 0.3) is 0 Å². The Morgan fingerprint density at radius 1 is 1.24 bits per heavy atom. The highest BCUT2D eigenvalue weighted by Crippen LogP contribution is 2.14. The van der Waals surface area contributed by atoms with Gasteiger partial charge >= 0.3 is 0 Å². The summed E-state index contributed by atoms with van der Waals surface area (Å²) in [6, 6.07) is 6.15. The van der Waals surface area contributed by atoms with Crippen molar-refractivity contribution in [3.05, 3.63) is 46.8 Å². The molecule has 1 heterocycles. The van der Waals surface area contributed by atoms with Crippen molar-refractivity contribution in [3.8, 4) is 0 Å². The fourth-order valence-electron chi connectivity index (χ4n) is 2.10. The topological polar surface area (TPSA) is 84.2 Å². The Kier molecular flexibility index (Phi) is 4.46. The number of aryl methyl sites for hydroxylation is 2. The summed E-state index contributed by atoms with van der Waals surface area (Å²) in [7, 11) is -1.75. The van der Waals surface area contributed by atoms with E-state index < -0.39 is 10.0 Å². The molecule has 0 atom stereocenters. The molecule has 7 heteroatoms. The number of aromatic nitrogens is 2. The number of rotatable bonds is 5. The molecule has 0 amide bonds. The first-order chi connectivity index (χ1) is 9.85. The Bertz CT molecular complexity index is 734. The molecule has 114 valence electrons. The number of benzene rings is 1. The molecular weight excluding hydrogens is 290 g/mol. The lowest BCUT2D eigenvalue weighted by Crippen LogP contribution is -2.23. The smallest absolute Gasteiger partial charge is 0.240 e. The SMILES string of the molecule is Cc1nn(C)c(C)c1CNS(=O)(=O)c1ccc(CO)cc1. The Morgan fingerprint density at radius 2 is 1.86 bits per heavy atom. The normalized spacial score (nSPS) is 11.8. The van der Waals surface area contributed by atoms with E-state index in [1.807, 2.05) is 20.9 Å². The van der Waals surface area contributed by atoms with E-state index in [9.17, 15) is 8.42 Å². The van der Waals surface area contributed by atoms with Crippen LogP contribution in [0.3, 0.4) is 0 Å². The zero-order valence-electron chi connectivity index (χ0n) is 12.3. The molecule has 2 rings (SSSR count). The lowest BCUT2D eigenvalue weighted by Gasteiger charge is -2.08. The summed E-state index contributed by atoms with van der Waals surface area (Å²) in [4.78, 5) is 0.180. The largest absolute Gasteiger partial charge is 0.392 e. The molecule has 21 heavy (non-hydrogen) atoms. The van der Waals surface area contributed by atoms with Gasteiger partial charge in [-0.2, -0.15) is 5.10 Å². The maximum atomic E-state index is 12.2. The zero-order valence-corrected chi connectivity index (χ0v) is 13.1. The zero-order chi connectivity index (χ0) is 15.6. The molecule has 0 aliphatic carbocycles. The summed E-state index contributed by atoms with van der Waals surface area (Å²) in [5.41, 5.74) is 3.31. The molecule has 0 aliphatic rings. The lowest BCUT2D eigenvalue weighted by molar-refractivity contribution is 0.282. The van der Waals surface area contributed by atoms with E-state index >= 15 is 0 Å². The Labute approximate surface area is 124 Å². The van der Waals surface area contributed by atoms with Gasteiger partial charge in [-0.05, 0) is 31.5 Å². The first-order valence-corrected chi connectivity index (χ1v) is 8.02. The Morgan fingerprint density at radius 3 is 2.33 bits per heavy atom. The van der Waals surface area contributed by atoms with Gasteiger partial charge in [0.1, 0.15) is 0 Å². The second kappa shape index (κ2) is 5.97. The highest BCUT2D eigenvalue weighted by molar-refractivity contribution is 7.89. The monoisotopic (exact) mass is 309 g/mol. The van der Waals surface area contributed by atoms with E-state index in [4.69, 9.17) is 5.11 Å². The van der Waals surface area contributed by atoms with Crippen molar-refractivity contribution in [1.29, 1.82) is 0 Å². The van der Waals surface area contributed by atoms with Crippen LogP contribution < -0.4 is 4.72 Å². The number of sulfonamides is 1. The van der Waals surface area contributed by atoms with Crippen molar-refractivity contribution >= 4 is 10.0 Å². The van der Waals surface area contributed by atoms with Crippen molar-refractivity contribution in [2.24, 2.45) is 7.05 Å². The minimum Gasteiger partial charge on any atom is -0.392 e. The number of hydrogen-bond acceptors (Lipinski definition) is 4. The molecule has 0 saturated carbocycles. The lowest BCUT2D eigenvalue weighted by atomic mass is 10.2.